The van der Waals surface area contributed by atoms with Gasteiger partial charge in [-0.25, -0.2) is 18.1 Å². The molecule has 0 amide bonds. The summed E-state index contributed by atoms with van der Waals surface area (Å²) in [7, 11) is -3.17. The molecule has 2 N–H and O–H groups in total. The molecular weight excluding hydrogens is 491 g/mol. The molecule has 1 aromatic heterocycles. The Hall–Kier alpha value is -0.910. The number of aryl methyl sites for hydroxylation is 1. The monoisotopic (exact) mass is 526 g/mol. The van der Waals surface area contributed by atoms with Crippen LogP contribution in [-0.2, 0) is 22.8 Å². The number of nitrogens with one attached hydrogen (secondary N) is 2. The highest BCUT2D eigenvalue weighted by atomic mass is 127. The highest BCUT2D eigenvalue weighted by Gasteiger charge is 2.28. The maximum Gasteiger partial charge on any atom is 0.191 e. The van der Waals surface area contributed by atoms with E-state index in [0.717, 1.165) is 37.6 Å². The van der Waals surface area contributed by atoms with Gasteiger partial charge >= 0.3 is 0 Å². The highest BCUT2D eigenvalue weighted by molar-refractivity contribution is 14.0. The van der Waals surface area contributed by atoms with Crippen LogP contribution in [0.25, 0.3) is 0 Å². The van der Waals surface area contributed by atoms with Crippen LogP contribution < -0.4 is 10.6 Å². The van der Waals surface area contributed by atoms with Crippen molar-refractivity contribution in [2.75, 3.05) is 18.8 Å². The molecule has 162 valence electrons. The summed E-state index contributed by atoms with van der Waals surface area (Å²) >= 11 is 0. The number of hydrogen-bond acceptors (Lipinski definition) is 5. The lowest BCUT2D eigenvalue weighted by molar-refractivity contribution is 0.391. The number of rotatable bonds is 6. The molecule has 0 aliphatic carbocycles. The average Bonchev–Trinajstić information content (AvgIpc) is 2.97. The van der Waals surface area contributed by atoms with Gasteiger partial charge in [0.1, 0.15) is 5.82 Å². The Balaban J connectivity index is 0.00000392. The lowest BCUT2D eigenvalue weighted by Gasteiger charge is -2.25. The minimum absolute atomic E-state index is 0. The summed E-state index contributed by atoms with van der Waals surface area (Å²) < 4.78 is 25.7. The summed E-state index contributed by atoms with van der Waals surface area (Å²) in [4.78, 5) is 9.08. The average molecular weight is 526 g/mol. The van der Waals surface area contributed by atoms with Crippen LogP contribution in [0, 0.1) is 0 Å². The normalized spacial score (nSPS) is 17.8. The molecule has 0 fully saturated rings. The van der Waals surface area contributed by atoms with Gasteiger partial charge in [0.25, 0.3) is 0 Å². The van der Waals surface area contributed by atoms with Crippen molar-refractivity contribution in [3.8, 4) is 0 Å². The fraction of sp³-hybridized carbons (Fsp3) is 0.833. The molecule has 2 rings (SSSR count). The van der Waals surface area contributed by atoms with E-state index in [1.165, 1.54) is 0 Å². The third-order valence-electron chi connectivity index (χ3n) is 4.64. The number of fused-ring (bicyclic) bond motifs is 1. The minimum atomic E-state index is -3.17. The van der Waals surface area contributed by atoms with Gasteiger partial charge in [-0.15, -0.1) is 24.0 Å². The van der Waals surface area contributed by atoms with Crippen LogP contribution in [0.15, 0.2) is 4.99 Å². The van der Waals surface area contributed by atoms with E-state index in [2.05, 4.69) is 39.6 Å². The van der Waals surface area contributed by atoms with Crippen molar-refractivity contribution >= 4 is 39.8 Å². The zero-order valence-electron chi connectivity index (χ0n) is 17.8. The number of halogens is 1. The van der Waals surface area contributed by atoms with Crippen LogP contribution in [0.3, 0.4) is 0 Å². The Kier molecular flexibility index (Phi) is 9.17. The van der Waals surface area contributed by atoms with Gasteiger partial charge < -0.3 is 10.6 Å². The van der Waals surface area contributed by atoms with E-state index < -0.39 is 14.6 Å². The predicted octanol–water partition coefficient (Wildman–Crippen LogP) is 2.10. The standard InChI is InChI=1S/C18H34N6O2S.HI/c1-7-19-17(20-10-11-27(25,26)18(4,5)6)21-14-8-9-15-22-16(13(2)3)23-24(15)12-14;/h13-14H,7-12H2,1-6H3,(H2,19,20,21);1H. The van der Waals surface area contributed by atoms with Crippen molar-refractivity contribution in [1.29, 1.82) is 0 Å². The van der Waals surface area contributed by atoms with Gasteiger partial charge in [0.15, 0.2) is 21.6 Å². The second kappa shape index (κ2) is 10.2. The van der Waals surface area contributed by atoms with Gasteiger partial charge in [0.2, 0.25) is 0 Å². The minimum Gasteiger partial charge on any atom is -0.357 e. The Labute approximate surface area is 186 Å². The van der Waals surface area contributed by atoms with Gasteiger partial charge in [-0.3, -0.25) is 4.99 Å². The Bertz CT molecular complexity index is 768. The predicted molar refractivity (Wildman–Crippen MR) is 124 cm³/mol. The zero-order valence-corrected chi connectivity index (χ0v) is 21.0. The Morgan fingerprint density at radius 3 is 2.61 bits per heavy atom. The van der Waals surface area contributed by atoms with Crippen LogP contribution in [0.4, 0.5) is 0 Å². The summed E-state index contributed by atoms with van der Waals surface area (Å²) in [5.41, 5.74) is 0. The van der Waals surface area contributed by atoms with Crippen LogP contribution in [-0.4, -0.2) is 58.8 Å². The van der Waals surface area contributed by atoms with Crippen molar-refractivity contribution in [3.63, 3.8) is 0 Å². The number of aliphatic imine (C=N–C) groups is 1. The molecule has 1 unspecified atom stereocenters. The quantitative estimate of drug-likeness (QED) is 0.335. The SMILES string of the molecule is CCNC(=NCCS(=O)(=O)C(C)(C)C)NC1CCc2nc(C(C)C)nn2C1.I. The van der Waals surface area contributed by atoms with E-state index in [9.17, 15) is 8.42 Å². The fourth-order valence-corrected chi connectivity index (χ4v) is 3.73. The van der Waals surface area contributed by atoms with Crippen LogP contribution >= 0.6 is 24.0 Å². The molecule has 2 heterocycles. The van der Waals surface area contributed by atoms with Crippen molar-refractivity contribution in [1.82, 2.24) is 25.4 Å². The van der Waals surface area contributed by atoms with E-state index >= 15 is 0 Å². The van der Waals surface area contributed by atoms with Gasteiger partial charge in [-0.05, 0) is 34.1 Å². The molecule has 0 aromatic carbocycles. The molecule has 0 radical (unpaired) electrons. The van der Waals surface area contributed by atoms with Gasteiger partial charge in [0, 0.05) is 24.9 Å². The van der Waals surface area contributed by atoms with Crippen molar-refractivity contribution in [2.45, 2.75) is 77.6 Å². The van der Waals surface area contributed by atoms with E-state index in [4.69, 9.17) is 0 Å². The lowest BCUT2D eigenvalue weighted by Crippen LogP contribution is -2.47. The summed E-state index contributed by atoms with van der Waals surface area (Å²) in [5.74, 6) is 2.94. The van der Waals surface area contributed by atoms with Crippen LogP contribution in [0.2, 0.25) is 0 Å². The number of aromatic nitrogens is 3. The Morgan fingerprint density at radius 2 is 2.04 bits per heavy atom. The first-order valence-corrected chi connectivity index (χ1v) is 11.4. The molecule has 1 aromatic rings. The summed E-state index contributed by atoms with van der Waals surface area (Å²) in [6.07, 6.45) is 1.82. The molecule has 10 heteroatoms. The molecule has 0 saturated carbocycles. The topological polar surface area (TPSA) is 101 Å². The third kappa shape index (κ3) is 6.57. The van der Waals surface area contributed by atoms with Gasteiger partial charge in [-0.1, -0.05) is 13.8 Å². The second-order valence-electron chi connectivity index (χ2n) is 8.29. The molecule has 28 heavy (non-hydrogen) atoms. The summed E-state index contributed by atoms with van der Waals surface area (Å²) in [5, 5.41) is 11.2. The number of guanidine groups is 1. The lowest BCUT2D eigenvalue weighted by atomic mass is 10.1. The summed E-state index contributed by atoms with van der Waals surface area (Å²) in [6.45, 7) is 13.0. The van der Waals surface area contributed by atoms with E-state index in [1.807, 2.05) is 11.6 Å². The number of hydrogen-bond donors (Lipinski definition) is 2. The van der Waals surface area contributed by atoms with Crippen molar-refractivity contribution in [3.05, 3.63) is 11.6 Å². The molecule has 0 spiro atoms. The van der Waals surface area contributed by atoms with Crippen molar-refractivity contribution in [2.24, 2.45) is 4.99 Å². The number of nitrogens with zero attached hydrogens (tertiary/aromatic N) is 4. The van der Waals surface area contributed by atoms with E-state index in [0.29, 0.717) is 11.9 Å². The first kappa shape index (κ1) is 25.1. The van der Waals surface area contributed by atoms with E-state index in [-0.39, 0.29) is 42.3 Å². The molecule has 0 saturated heterocycles. The largest absolute Gasteiger partial charge is 0.357 e. The molecule has 8 nitrogen and oxygen atoms in total. The van der Waals surface area contributed by atoms with E-state index in [1.54, 1.807) is 20.8 Å². The van der Waals surface area contributed by atoms with Crippen molar-refractivity contribution < 1.29 is 8.42 Å². The molecule has 0 bridgehead atoms. The maximum absolute atomic E-state index is 12.2. The van der Waals surface area contributed by atoms with Crippen LogP contribution in [0.5, 0.6) is 0 Å². The Morgan fingerprint density at radius 1 is 1.36 bits per heavy atom. The second-order valence-corrected chi connectivity index (χ2v) is 11.2. The molecule has 1 aliphatic rings. The smallest absolute Gasteiger partial charge is 0.191 e. The first-order valence-electron chi connectivity index (χ1n) is 9.74. The number of sulfone groups is 1. The molecule has 1 atom stereocenters. The summed E-state index contributed by atoms with van der Waals surface area (Å²) in [6, 6.07) is 0.191. The fourth-order valence-electron chi connectivity index (χ4n) is 2.79. The van der Waals surface area contributed by atoms with Gasteiger partial charge in [0.05, 0.1) is 23.6 Å². The maximum atomic E-state index is 12.2. The highest BCUT2D eigenvalue weighted by Crippen LogP contribution is 2.17. The first-order chi connectivity index (χ1) is 12.5. The third-order valence-corrected chi connectivity index (χ3v) is 7.22. The molecular formula is C18H35IN6O2S. The van der Waals surface area contributed by atoms with Crippen LogP contribution in [0.1, 0.15) is 65.5 Å². The zero-order chi connectivity index (χ0) is 20.2. The molecule has 1 aliphatic heterocycles. The van der Waals surface area contributed by atoms with Gasteiger partial charge in [-0.2, -0.15) is 5.10 Å².